The number of imidazole rings is 1. The molecule has 4 aliphatic rings. The Bertz CT molecular complexity index is 1410. The number of thioether (sulfide) groups is 1. The van der Waals surface area contributed by atoms with Crippen LogP contribution in [0.5, 0.6) is 0 Å². The highest BCUT2D eigenvalue weighted by atomic mass is 32.2. The van der Waals surface area contributed by atoms with Crippen molar-refractivity contribution in [3.05, 3.63) is 59.7 Å². The number of carbonyl (C=O) groups is 1. The number of nitrogens with one attached hydrogen (secondary N) is 1. The first-order valence-corrected chi connectivity index (χ1v) is 15.1. The molecule has 39 heavy (non-hydrogen) atoms. The number of ketones is 1. The van der Waals surface area contributed by atoms with Crippen LogP contribution in [-0.2, 0) is 10.7 Å². The van der Waals surface area contributed by atoms with E-state index >= 15 is 0 Å². The zero-order chi connectivity index (χ0) is 27.9. The third-order valence-corrected chi connectivity index (χ3v) is 11.5. The largest absolute Gasteiger partial charge is 0.393 e. The molecule has 1 heterocycles. The van der Waals surface area contributed by atoms with Gasteiger partial charge in [-0.15, -0.1) is 0 Å². The fourth-order valence-electron chi connectivity index (χ4n) is 9.12. The summed E-state index contributed by atoms with van der Waals surface area (Å²) >= 11 is 1.29. The highest BCUT2D eigenvalue weighted by molar-refractivity contribution is 7.99. The van der Waals surface area contributed by atoms with Crippen LogP contribution in [0.15, 0.2) is 59.3 Å². The SMILES string of the molecule is C=C1C=CC2(C)C(=C1)CCC1C2C(O)CC2(C)C1C[C@@H](C)C2C(=O)CSc1nc2c(C(C)(F)F)cccc2[nH]1. The number of carbonyl (C=O) groups excluding carboxylic acids is 1. The lowest BCUT2D eigenvalue weighted by Crippen LogP contribution is -2.56. The molecule has 2 N–H and O–H groups in total. The van der Waals surface area contributed by atoms with Crippen LogP contribution in [0.25, 0.3) is 11.0 Å². The number of H-pyrrole nitrogens is 1. The molecule has 7 heteroatoms. The fraction of sp³-hybridized carbons (Fsp3) is 0.562. The zero-order valence-electron chi connectivity index (χ0n) is 23.1. The van der Waals surface area contributed by atoms with Crippen molar-refractivity contribution in [2.45, 2.75) is 70.6 Å². The summed E-state index contributed by atoms with van der Waals surface area (Å²) in [6, 6.07) is 4.73. The molecule has 3 fully saturated rings. The van der Waals surface area contributed by atoms with E-state index in [2.05, 4.69) is 55.5 Å². The van der Waals surface area contributed by atoms with Gasteiger partial charge in [0.1, 0.15) is 5.78 Å². The summed E-state index contributed by atoms with van der Waals surface area (Å²) in [6.07, 6.45) is 9.76. The van der Waals surface area contributed by atoms with Gasteiger partial charge in [-0.3, -0.25) is 4.79 Å². The minimum absolute atomic E-state index is 0.115. The monoisotopic (exact) mass is 552 g/mol. The Labute approximate surface area is 233 Å². The van der Waals surface area contributed by atoms with Gasteiger partial charge in [0.15, 0.2) is 5.16 Å². The molecule has 7 unspecified atom stereocenters. The molecule has 3 saturated carbocycles. The number of hydrogen-bond acceptors (Lipinski definition) is 4. The smallest absolute Gasteiger partial charge is 0.272 e. The second-order valence-corrected chi connectivity index (χ2v) is 14.0. The molecular weight excluding hydrogens is 514 g/mol. The number of allylic oxidation sites excluding steroid dienone is 5. The highest BCUT2D eigenvalue weighted by Crippen LogP contribution is 2.67. The third-order valence-electron chi connectivity index (χ3n) is 10.6. The number of para-hydroxylation sites is 1. The Kier molecular flexibility index (Phi) is 6.31. The molecule has 0 spiro atoms. The molecule has 2 aromatic rings. The van der Waals surface area contributed by atoms with Crippen LogP contribution in [0, 0.1) is 40.4 Å². The Hall–Kier alpha value is -2.25. The van der Waals surface area contributed by atoms with E-state index in [0.29, 0.717) is 28.9 Å². The fourth-order valence-corrected chi connectivity index (χ4v) is 9.91. The van der Waals surface area contributed by atoms with Gasteiger partial charge in [-0.1, -0.05) is 75.0 Å². The summed E-state index contributed by atoms with van der Waals surface area (Å²) in [5, 5.41) is 12.2. The number of fused-ring (bicyclic) bond motifs is 6. The van der Waals surface area contributed by atoms with E-state index in [1.165, 1.54) is 23.4 Å². The van der Waals surface area contributed by atoms with Gasteiger partial charge < -0.3 is 10.1 Å². The number of aliphatic hydroxyl groups excluding tert-OH is 1. The van der Waals surface area contributed by atoms with Gasteiger partial charge >= 0.3 is 0 Å². The van der Waals surface area contributed by atoms with Crippen molar-refractivity contribution in [2.24, 2.45) is 40.4 Å². The topological polar surface area (TPSA) is 66.0 Å². The molecule has 0 bridgehead atoms. The molecule has 4 nitrogen and oxygen atoms in total. The predicted octanol–water partition coefficient (Wildman–Crippen LogP) is 7.46. The number of Topliss-reactive ketones (excluding diaryl/α,β-unsaturated/α-hetero) is 1. The van der Waals surface area contributed by atoms with E-state index in [4.69, 9.17) is 0 Å². The zero-order valence-corrected chi connectivity index (χ0v) is 24.0. The summed E-state index contributed by atoms with van der Waals surface area (Å²) < 4.78 is 28.2. The predicted molar refractivity (Wildman–Crippen MR) is 152 cm³/mol. The van der Waals surface area contributed by atoms with Crippen LogP contribution < -0.4 is 0 Å². The number of benzene rings is 1. The number of halogens is 2. The van der Waals surface area contributed by atoms with Crippen LogP contribution in [-0.4, -0.2) is 32.7 Å². The second kappa shape index (κ2) is 9.13. The van der Waals surface area contributed by atoms with Gasteiger partial charge in [0.05, 0.1) is 22.9 Å². The lowest BCUT2D eigenvalue weighted by atomic mass is 9.46. The minimum atomic E-state index is -3.00. The van der Waals surface area contributed by atoms with E-state index in [9.17, 15) is 18.7 Å². The van der Waals surface area contributed by atoms with E-state index in [1.54, 1.807) is 12.1 Å². The Morgan fingerprint density at radius 1 is 1.33 bits per heavy atom. The van der Waals surface area contributed by atoms with E-state index in [-0.39, 0.29) is 51.2 Å². The van der Waals surface area contributed by atoms with Gasteiger partial charge in [0.2, 0.25) is 0 Å². The summed E-state index contributed by atoms with van der Waals surface area (Å²) in [5.74, 6) is -1.61. The standard InChI is InChI=1S/C32H38F2N2O2S/c1-17-11-12-30(3)19(13-17)9-10-20-22-14-18(2)26(31(22,4)15-24(37)27(20)30)25(38)16-39-29-35-23-8-6-7-21(28(23)36-29)32(5,33)34/h6-8,11-13,18,20,22,24,26-27,37H,1,9-10,14-16H2,2-5H3,(H,35,36)/t18-,20?,22?,24?,26?,27?,30?,31?/m1/s1. The van der Waals surface area contributed by atoms with E-state index in [0.717, 1.165) is 31.8 Å². The average Bonchev–Trinajstić information content (AvgIpc) is 3.39. The van der Waals surface area contributed by atoms with Crippen molar-refractivity contribution in [1.82, 2.24) is 9.97 Å². The van der Waals surface area contributed by atoms with Crippen molar-refractivity contribution >= 4 is 28.6 Å². The first-order chi connectivity index (χ1) is 18.3. The van der Waals surface area contributed by atoms with Crippen molar-refractivity contribution in [2.75, 3.05) is 5.75 Å². The molecule has 0 radical (unpaired) electrons. The maximum absolute atomic E-state index is 14.1. The number of nitrogens with zero attached hydrogens (tertiary/aromatic N) is 1. The van der Waals surface area contributed by atoms with Crippen molar-refractivity contribution in [1.29, 1.82) is 0 Å². The molecule has 208 valence electrons. The molecular formula is C32H38F2N2O2S. The maximum atomic E-state index is 14.1. The summed E-state index contributed by atoms with van der Waals surface area (Å²) in [5.41, 5.74) is 2.66. The van der Waals surface area contributed by atoms with Crippen LogP contribution >= 0.6 is 11.8 Å². The summed E-state index contributed by atoms with van der Waals surface area (Å²) in [6.45, 7) is 11.7. The number of aliphatic hydroxyl groups is 1. The summed E-state index contributed by atoms with van der Waals surface area (Å²) in [4.78, 5) is 21.4. The first kappa shape index (κ1) is 26.9. The van der Waals surface area contributed by atoms with Gasteiger partial charge in [-0.05, 0) is 60.5 Å². The second-order valence-electron chi connectivity index (χ2n) is 13.1. The summed E-state index contributed by atoms with van der Waals surface area (Å²) in [7, 11) is 0. The Balaban J connectivity index is 1.23. The van der Waals surface area contributed by atoms with Gasteiger partial charge in [-0.25, -0.2) is 13.8 Å². The van der Waals surface area contributed by atoms with Crippen LogP contribution in [0.1, 0.15) is 58.9 Å². The molecule has 0 aliphatic heterocycles. The molecule has 1 aromatic heterocycles. The highest BCUT2D eigenvalue weighted by Gasteiger charge is 2.64. The molecule has 6 rings (SSSR count). The number of rotatable bonds is 5. The lowest BCUT2D eigenvalue weighted by Gasteiger charge is -2.58. The van der Waals surface area contributed by atoms with Crippen LogP contribution in [0.3, 0.4) is 0 Å². The molecule has 8 atom stereocenters. The van der Waals surface area contributed by atoms with Gasteiger partial charge in [0, 0.05) is 29.7 Å². The third kappa shape index (κ3) is 4.18. The van der Waals surface area contributed by atoms with Crippen molar-refractivity contribution in [3.63, 3.8) is 0 Å². The van der Waals surface area contributed by atoms with Crippen molar-refractivity contribution in [3.8, 4) is 0 Å². The minimum Gasteiger partial charge on any atom is -0.393 e. The maximum Gasteiger partial charge on any atom is 0.272 e. The van der Waals surface area contributed by atoms with E-state index < -0.39 is 12.0 Å². The first-order valence-electron chi connectivity index (χ1n) is 14.1. The van der Waals surface area contributed by atoms with Crippen molar-refractivity contribution < 1.29 is 18.7 Å². The van der Waals surface area contributed by atoms with E-state index in [1.807, 2.05) is 0 Å². The van der Waals surface area contributed by atoms with Crippen LogP contribution in [0.2, 0.25) is 0 Å². The molecule has 4 aliphatic carbocycles. The molecule has 0 saturated heterocycles. The number of aromatic amines is 1. The Morgan fingerprint density at radius 2 is 2.10 bits per heavy atom. The van der Waals surface area contributed by atoms with Crippen LogP contribution in [0.4, 0.5) is 8.78 Å². The normalized spacial score (nSPS) is 37.8. The molecule has 0 amide bonds. The van der Waals surface area contributed by atoms with Gasteiger partial charge in [0.25, 0.3) is 5.92 Å². The number of alkyl halides is 2. The quantitative estimate of drug-likeness (QED) is 0.378. The number of aromatic nitrogens is 2. The Morgan fingerprint density at radius 3 is 2.85 bits per heavy atom. The average molecular weight is 553 g/mol. The number of hydrogen-bond donors (Lipinski definition) is 2. The lowest BCUT2D eigenvalue weighted by molar-refractivity contribution is -0.137. The molecule has 1 aromatic carbocycles. The van der Waals surface area contributed by atoms with Gasteiger partial charge in [-0.2, -0.15) is 0 Å².